The summed E-state index contributed by atoms with van der Waals surface area (Å²) in [6, 6.07) is 8.60. The molecule has 2 nitrogen and oxygen atoms in total. The Morgan fingerprint density at radius 1 is 1.05 bits per heavy atom. The molecule has 20 heavy (non-hydrogen) atoms. The summed E-state index contributed by atoms with van der Waals surface area (Å²) in [5, 5.41) is 3.00. The zero-order valence-corrected chi connectivity index (χ0v) is 13.3. The Labute approximate surface area is 127 Å². The lowest BCUT2D eigenvalue weighted by Gasteiger charge is -2.11. The molecule has 0 unspecified atom stereocenters. The Kier molecular flexibility index (Phi) is 4.78. The van der Waals surface area contributed by atoms with Crippen LogP contribution in [-0.2, 0) is 6.54 Å². The molecule has 0 amide bonds. The average Bonchev–Trinajstić information content (AvgIpc) is 2.35. The lowest BCUT2D eigenvalue weighted by atomic mass is 10.1. The minimum absolute atomic E-state index is 0.293. The van der Waals surface area contributed by atoms with Crippen molar-refractivity contribution < 1.29 is 9.13 Å². The molecule has 0 aliphatic rings. The van der Waals surface area contributed by atoms with Crippen LogP contribution in [-0.4, -0.2) is 7.05 Å². The van der Waals surface area contributed by atoms with Gasteiger partial charge in [-0.3, -0.25) is 0 Å². The fraction of sp³-hybridized carbons (Fsp3) is 0.250. The first-order valence-corrected chi connectivity index (χ1v) is 7.17. The van der Waals surface area contributed by atoms with Crippen LogP contribution in [0.3, 0.4) is 0 Å². The number of aryl methyl sites for hydroxylation is 2. The van der Waals surface area contributed by atoms with Gasteiger partial charge in [0.2, 0.25) is 0 Å². The van der Waals surface area contributed by atoms with Gasteiger partial charge in [-0.05, 0) is 61.9 Å². The summed E-state index contributed by atoms with van der Waals surface area (Å²) < 4.78 is 20.4. The first-order chi connectivity index (χ1) is 9.49. The molecule has 0 aliphatic carbocycles. The van der Waals surface area contributed by atoms with Crippen molar-refractivity contribution in [1.29, 1.82) is 0 Å². The molecule has 0 heterocycles. The summed E-state index contributed by atoms with van der Waals surface area (Å²) in [5.41, 5.74) is 3.03. The van der Waals surface area contributed by atoms with Crippen LogP contribution in [0.15, 0.2) is 34.8 Å². The summed E-state index contributed by atoms with van der Waals surface area (Å²) in [6.45, 7) is 4.61. The van der Waals surface area contributed by atoms with Crippen LogP contribution in [0, 0.1) is 19.7 Å². The van der Waals surface area contributed by atoms with E-state index in [1.54, 1.807) is 0 Å². The van der Waals surface area contributed by atoms with Crippen molar-refractivity contribution >= 4 is 15.9 Å². The van der Waals surface area contributed by atoms with E-state index in [0.29, 0.717) is 18.0 Å². The lowest BCUT2D eigenvalue weighted by molar-refractivity contribution is 0.474. The first-order valence-electron chi connectivity index (χ1n) is 6.38. The SMILES string of the molecule is CNCc1cc(F)cc(Oc2cc(C)c(Br)c(C)c2)c1. The minimum Gasteiger partial charge on any atom is -0.457 e. The molecular formula is C16H17BrFNO. The summed E-state index contributed by atoms with van der Waals surface area (Å²) in [6.07, 6.45) is 0. The molecule has 0 radical (unpaired) electrons. The molecule has 0 aromatic heterocycles. The Morgan fingerprint density at radius 2 is 1.65 bits per heavy atom. The van der Waals surface area contributed by atoms with E-state index in [9.17, 15) is 4.39 Å². The second-order valence-electron chi connectivity index (χ2n) is 4.80. The van der Waals surface area contributed by atoms with Crippen molar-refractivity contribution in [3.8, 4) is 11.5 Å². The van der Waals surface area contributed by atoms with E-state index in [1.165, 1.54) is 12.1 Å². The van der Waals surface area contributed by atoms with Crippen molar-refractivity contribution in [3.05, 3.63) is 57.3 Å². The van der Waals surface area contributed by atoms with E-state index in [1.807, 2.05) is 39.1 Å². The highest BCUT2D eigenvalue weighted by atomic mass is 79.9. The van der Waals surface area contributed by atoms with E-state index >= 15 is 0 Å². The maximum atomic E-state index is 13.6. The number of nitrogens with one attached hydrogen (secondary N) is 1. The summed E-state index contributed by atoms with van der Waals surface area (Å²) in [7, 11) is 1.83. The number of ether oxygens (including phenoxy) is 1. The molecule has 4 heteroatoms. The molecule has 1 N–H and O–H groups in total. The van der Waals surface area contributed by atoms with Gasteiger partial charge in [0, 0.05) is 17.1 Å². The van der Waals surface area contributed by atoms with E-state index in [4.69, 9.17) is 4.74 Å². The number of rotatable bonds is 4. The van der Waals surface area contributed by atoms with Crippen molar-refractivity contribution in [2.24, 2.45) is 0 Å². The summed E-state index contributed by atoms with van der Waals surface area (Å²) >= 11 is 3.52. The molecule has 0 aliphatic heterocycles. The first kappa shape index (κ1) is 15.0. The number of hydrogen-bond donors (Lipinski definition) is 1. The molecule has 0 bridgehead atoms. The maximum Gasteiger partial charge on any atom is 0.130 e. The predicted molar refractivity (Wildman–Crippen MR) is 82.9 cm³/mol. The van der Waals surface area contributed by atoms with Crippen LogP contribution in [0.5, 0.6) is 11.5 Å². The van der Waals surface area contributed by atoms with Gasteiger partial charge >= 0.3 is 0 Å². The van der Waals surface area contributed by atoms with Crippen molar-refractivity contribution in [1.82, 2.24) is 5.32 Å². The molecule has 0 saturated carbocycles. The molecule has 2 aromatic rings. The highest BCUT2D eigenvalue weighted by molar-refractivity contribution is 9.10. The smallest absolute Gasteiger partial charge is 0.130 e. The Balaban J connectivity index is 2.30. The van der Waals surface area contributed by atoms with E-state index < -0.39 is 0 Å². The van der Waals surface area contributed by atoms with Gasteiger partial charge in [0.15, 0.2) is 0 Å². The monoisotopic (exact) mass is 337 g/mol. The predicted octanol–water partition coefficient (Wildman–Crippen LogP) is 4.72. The number of benzene rings is 2. The Bertz CT molecular complexity index is 605. The molecular weight excluding hydrogens is 321 g/mol. The van der Waals surface area contributed by atoms with Crippen LogP contribution in [0.1, 0.15) is 16.7 Å². The Hall–Kier alpha value is -1.39. The molecule has 0 saturated heterocycles. The fourth-order valence-electron chi connectivity index (χ4n) is 2.09. The van der Waals surface area contributed by atoms with Gasteiger partial charge in [-0.1, -0.05) is 15.9 Å². The van der Waals surface area contributed by atoms with Crippen LogP contribution in [0.4, 0.5) is 4.39 Å². The van der Waals surface area contributed by atoms with E-state index in [0.717, 1.165) is 21.2 Å². The van der Waals surface area contributed by atoms with Gasteiger partial charge in [0.25, 0.3) is 0 Å². The number of hydrogen-bond acceptors (Lipinski definition) is 2. The van der Waals surface area contributed by atoms with Crippen LogP contribution in [0.25, 0.3) is 0 Å². The van der Waals surface area contributed by atoms with Gasteiger partial charge in [-0.25, -0.2) is 4.39 Å². The highest BCUT2D eigenvalue weighted by Crippen LogP contribution is 2.30. The third-order valence-electron chi connectivity index (χ3n) is 2.96. The Morgan fingerprint density at radius 3 is 2.25 bits per heavy atom. The molecule has 106 valence electrons. The van der Waals surface area contributed by atoms with Gasteiger partial charge in [0.1, 0.15) is 17.3 Å². The van der Waals surface area contributed by atoms with Crippen LogP contribution < -0.4 is 10.1 Å². The summed E-state index contributed by atoms with van der Waals surface area (Å²) in [4.78, 5) is 0. The van der Waals surface area contributed by atoms with Gasteiger partial charge in [0.05, 0.1) is 0 Å². The van der Waals surface area contributed by atoms with Gasteiger partial charge < -0.3 is 10.1 Å². The quantitative estimate of drug-likeness (QED) is 0.871. The standard InChI is InChI=1S/C16H17BrFNO/c1-10-4-14(5-11(2)16(10)17)20-15-7-12(9-19-3)6-13(18)8-15/h4-8,19H,9H2,1-3H3. The van der Waals surface area contributed by atoms with Crippen molar-refractivity contribution in [3.63, 3.8) is 0 Å². The lowest BCUT2D eigenvalue weighted by Crippen LogP contribution is -2.05. The molecule has 0 fully saturated rings. The summed E-state index contributed by atoms with van der Waals surface area (Å²) in [5.74, 6) is 0.930. The van der Waals surface area contributed by atoms with E-state index in [-0.39, 0.29) is 5.82 Å². The van der Waals surface area contributed by atoms with E-state index in [2.05, 4.69) is 21.2 Å². The van der Waals surface area contributed by atoms with Crippen molar-refractivity contribution in [2.45, 2.75) is 20.4 Å². The van der Waals surface area contributed by atoms with Crippen LogP contribution >= 0.6 is 15.9 Å². The van der Waals surface area contributed by atoms with Crippen molar-refractivity contribution in [2.75, 3.05) is 7.05 Å². The average molecular weight is 338 g/mol. The van der Waals surface area contributed by atoms with Gasteiger partial charge in [-0.15, -0.1) is 0 Å². The zero-order chi connectivity index (χ0) is 14.7. The normalized spacial score (nSPS) is 10.7. The number of halogens is 2. The highest BCUT2D eigenvalue weighted by Gasteiger charge is 2.06. The van der Waals surface area contributed by atoms with Crippen LogP contribution in [0.2, 0.25) is 0 Å². The minimum atomic E-state index is -0.293. The second kappa shape index (κ2) is 6.37. The molecule has 2 rings (SSSR count). The largest absolute Gasteiger partial charge is 0.457 e. The third-order valence-corrected chi connectivity index (χ3v) is 4.21. The fourth-order valence-corrected chi connectivity index (χ4v) is 2.32. The third kappa shape index (κ3) is 3.58. The maximum absolute atomic E-state index is 13.6. The molecule has 2 aromatic carbocycles. The topological polar surface area (TPSA) is 21.3 Å². The van der Waals surface area contributed by atoms with Gasteiger partial charge in [-0.2, -0.15) is 0 Å². The molecule has 0 atom stereocenters. The molecule has 0 spiro atoms. The zero-order valence-electron chi connectivity index (χ0n) is 11.8. The second-order valence-corrected chi connectivity index (χ2v) is 5.59.